The topological polar surface area (TPSA) is 50.9 Å². The summed E-state index contributed by atoms with van der Waals surface area (Å²) < 4.78 is 0.868. The van der Waals surface area contributed by atoms with Gasteiger partial charge in [-0.3, -0.25) is 0 Å². The third-order valence-corrected chi connectivity index (χ3v) is 3.28. The fourth-order valence-corrected chi connectivity index (χ4v) is 2.17. The summed E-state index contributed by atoms with van der Waals surface area (Å²) in [6.45, 7) is 1.94. The summed E-state index contributed by atoms with van der Waals surface area (Å²) in [6.07, 6.45) is 1.72. The van der Waals surface area contributed by atoms with Gasteiger partial charge in [-0.25, -0.2) is 4.98 Å². The Morgan fingerprint density at radius 3 is 2.82 bits per heavy atom. The maximum absolute atomic E-state index is 5.94. The van der Waals surface area contributed by atoms with Gasteiger partial charge in [0.15, 0.2) is 5.82 Å². The largest absolute Gasteiger partial charge is 0.396 e. The zero-order valence-corrected chi connectivity index (χ0v) is 11.5. The van der Waals surface area contributed by atoms with Crippen LogP contribution in [0.4, 0.5) is 17.2 Å². The van der Waals surface area contributed by atoms with Crippen molar-refractivity contribution in [3.8, 4) is 0 Å². The van der Waals surface area contributed by atoms with Crippen molar-refractivity contribution in [3.63, 3.8) is 0 Å². The van der Waals surface area contributed by atoms with Gasteiger partial charge in [-0.1, -0.05) is 11.6 Å². The van der Waals surface area contributed by atoms with E-state index in [1.165, 1.54) is 0 Å². The standard InChI is InChI=1S/C12H11BrClN3/c1-7-4-5-16-12(11(7)15)17-10-3-2-8(14)6-9(10)13/h2-6H,15H2,1H3,(H,16,17). The summed E-state index contributed by atoms with van der Waals surface area (Å²) in [6, 6.07) is 7.36. The van der Waals surface area contributed by atoms with Gasteiger partial charge in [-0.05, 0) is 52.7 Å². The van der Waals surface area contributed by atoms with Gasteiger partial charge in [-0.2, -0.15) is 0 Å². The Kier molecular flexibility index (Phi) is 3.54. The summed E-state index contributed by atoms with van der Waals surface area (Å²) in [4.78, 5) is 4.21. The van der Waals surface area contributed by atoms with Crippen LogP contribution in [-0.2, 0) is 0 Å². The van der Waals surface area contributed by atoms with Crippen molar-refractivity contribution in [2.45, 2.75) is 6.92 Å². The van der Waals surface area contributed by atoms with E-state index in [2.05, 4.69) is 26.2 Å². The maximum Gasteiger partial charge on any atom is 0.153 e. The summed E-state index contributed by atoms with van der Waals surface area (Å²) in [7, 11) is 0. The number of nitrogens with one attached hydrogen (secondary N) is 1. The van der Waals surface area contributed by atoms with Gasteiger partial charge in [-0.15, -0.1) is 0 Å². The van der Waals surface area contributed by atoms with E-state index in [0.29, 0.717) is 16.5 Å². The molecular weight excluding hydrogens is 302 g/mol. The van der Waals surface area contributed by atoms with Crippen molar-refractivity contribution >= 4 is 44.7 Å². The Balaban J connectivity index is 2.35. The van der Waals surface area contributed by atoms with E-state index in [-0.39, 0.29) is 0 Å². The number of benzene rings is 1. The molecule has 3 N–H and O–H groups in total. The van der Waals surface area contributed by atoms with Crippen LogP contribution in [0.2, 0.25) is 5.02 Å². The van der Waals surface area contributed by atoms with Gasteiger partial charge in [0.25, 0.3) is 0 Å². The molecule has 0 aliphatic heterocycles. The van der Waals surface area contributed by atoms with Crippen molar-refractivity contribution in [2.24, 2.45) is 0 Å². The number of anilines is 3. The minimum absolute atomic E-state index is 0.646. The Bertz CT molecular complexity index is 557. The van der Waals surface area contributed by atoms with Crippen LogP contribution in [0, 0.1) is 6.92 Å². The molecule has 0 aliphatic carbocycles. The van der Waals surface area contributed by atoms with Crippen LogP contribution in [0.5, 0.6) is 0 Å². The second-order valence-corrected chi connectivity index (χ2v) is 4.93. The SMILES string of the molecule is Cc1ccnc(Nc2ccc(Cl)cc2Br)c1N. The molecule has 3 nitrogen and oxygen atoms in total. The number of halogens is 2. The lowest BCUT2D eigenvalue weighted by molar-refractivity contribution is 1.28. The zero-order chi connectivity index (χ0) is 12.4. The van der Waals surface area contributed by atoms with Crippen LogP contribution in [-0.4, -0.2) is 4.98 Å². The van der Waals surface area contributed by atoms with E-state index in [0.717, 1.165) is 15.7 Å². The first-order valence-electron chi connectivity index (χ1n) is 5.01. The van der Waals surface area contributed by atoms with Gasteiger partial charge in [0.1, 0.15) is 0 Å². The highest BCUT2D eigenvalue weighted by Gasteiger charge is 2.06. The number of nitrogen functional groups attached to an aromatic ring is 1. The van der Waals surface area contributed by atoms with Crippen molar-refractivity contribution < 1.29 is 0 Å². The van der Waals surface area contributed by atoms with Gasteiger partial charge < -0.3 is 11.1 Å². The van der Waals surface area contributed by atoms with Crippen LogP contribution in [0.25, 0.3) is 0 Å². The predicted octanol–water partition coefficient (Wildman–Crippen LogP) is 4.13. The zero-order valence-electron chi connectivity index (χ0n) is 9.17. The van der Waals surface area contributed by atoms with Crippen molar-refractivity contribution in [2.75, 3.05) is 11.1 Å². The van der Waals surface area contributed by atoms with E-state index in [1.54, 1.807) is 12.3 Å². The number of hydrogen-bond acceptors (Lipinski definition) is 3. The number of hydrogen-bond donors (Lipinski definition) is 2. The number of aromatic nitrogens is 1. The smallest absolute Gasteiger partial charge is 0.153 e. The number of pyridine rings is 1. The average Bonchev–Trinajstić information content (AvgIpc) is 2.28. The molecule has 88 valence electrons. The first-order chi connectivity index (χ1) is 8.08. The highest BCUT2D eigenvalue weighted by atomic mass is 79.9. The van der Waals surface area contributed by atoms with Crippen LogP contribution in [0.3, 0.4) is 0 Å². The molecule has 0 bridgehead atoms. The fraction of sp³-hybridized carbons (Fsp3) is 0.0833. The minimum atomic E-state index is 0.646. The molecule has 2 aromatic rings. The Hall–Kier alpha value is -1.26. The molecule has 5 heteroatoms. The first kappa shape index (κ1) is 12.2. The molecule has 0 atom stereocenters. The summed E-state index contributed by atoms with van der Waals surface area (Å²) >= 11 is 9.31. The molecule has 1 aromatic carbocycles. The van der Waals surface area contributed by atoms with Gasteiger partial charge >= 0.3 is 0 Å². The van der Waals surface area contributed by atoms with Crippen molar-refractivity contribution in [1.82, 2.24) is 4.98 Å². The highest BCUT2D eigenvalue weighted by Crippen LogP contribution is 2.30. The lowest BCUT2D eigenvalue weighted by Gasteiger charge is -2.11. The molecule has 0 radical (unpaired) electrons. The minimum Gasteiger partial charge on any atom is -0.396 e. The van der Waals surface area contributed by atoms with Crippen LogP contribution in [0.15, 0.2) is 34.9 Å². The van der Waals surface area contributed by atoms with Gasteiger partial charge in [0.2, 0.25) is 0 Å². The van der Waals surface area contributed by atoms with E-state index >= 15 is 0 Å². The summed E-state index contributed by atoms with van der Waals surface area (Å²) in [5.74, 6) is 0.646. The second kappa shape index (κ2) is 4.94. The van der Waals surface area contributed by atoms with Gasteiger partial charge in [0, 0.05) is 15.7 Å². The molecule has 2 rings (SSSR count). The monoisotopic (exact) mass is 311 g/mol. The first-order valence-corrected chi connectivity index (χ1v) is 6.18. The van der Waals surface area contributed by atoms with Crippen LogP contribution in [0.1, 0.15) is 5.56 Å². The second-order valence-electron chi connectivity index (χ2n) is 3.64. The van der Waals surface area contributed by atoms with Crippen molar-refractivity contribution in [1.29, 1.82) is 0 Å². The normalized spacial score (nSPS) is 10.3. The lowest BCUT2D eigenvalue weighted by atomic mass is 10.2. The average molecular weight is 313 g/mol. The molecule has 0 unspecified atom stereocenters. The van der Waals surface area contributed by atoms with Gasteiger partial charge in [0.05, 0.1) is 11.4 Å². The third kappa shape index (κ3) is 2.70. The van der Waals surface area contributed by atoms with Crippen molar-refractivity contribution in [3.05, 3.63) is 45.5 Å². The van der Waals surface area contributed by atoms with E-state index < -0.39 is 0 Å². The Morgan fingerprint density at radius 1 is 1.35 bits per heavy atom. The summed E-state index contributed by atoms with van der Waals surface area (Å²) in [5.41, 5.74) is 8.46. The quantitative estimate of drug-likeness (QED) is 0.876. The van der Waals surface area contributed by atoms with E-state index in [4.69, 9.17) is 17.3 Å². The molecule has 1 aromatic heterocycles. The number of aryl methyl sites for hydroxylation is 1. The number of nitrogens with two attached hydrogens (primary N) is 1. The Morgan fingerprint density at radius 2 is 2.12 bits per heavy atom. The fourth-order valence-electron chi connectivity index (χ4n) is 1.39. The molecule has 17 heavy (non-hydrogen) atoms. The van der Waals surface area contributed by atoms with Crippen LogP contribution >= 0.6 is 27.5 Å². The van der Waals surface area contributed by atoms with E-state index in [1.807, 2.05) is 25.1 Å². The number of nitrogens with zero attached hydrogens (tertiary/aromatic N) is 1. The molecule has 0 aliphatic rings. The molecule has 0 spiro atoms. The van der Waals surface area contributed by atoms with Crippen LogP contribution < -0.4 is 11.1 Å². The predicted molar refractivity (Wildman–Crippen MR) is 75.8 cm³/mol. The molecule has 0 amide bonds. The number of rotatable bonds is 2. The molecule has 0 saturated carbocycles. The third-order valence-electron chi connectivity index (χ3n) is 2.39. The molecule has 0 fully saturated rings. The molecule has 0 saturated heterocycles. The Labute approximate surface area is 113 Å². The van der Waals surface area contributed by atoms with E-state index in [9.17, 15) is 0 Å². The summed E-state index contributed by atoms with van der Waals surface area (Å²) in [5, 5.41) is 3.84. The maximum atomic E-state index is 5.94. The highest BCUT2D eigenvalue weighted by molar-refractivity contribution is 9.10. The lowest BCUT2D eigenvalue weighted by Crippen LogP contribution is -2.01. The molecular formula is C12H11BrClN3. The molecule has 1 heterocycles.